The number of ether oxygens (including phenoxy) is 1. The van der Waals surface area contributed by atoms with E-state index in [0.29, 0.717) is 6.04 Å². The van der Waals surface area contributed by atoms with Gasteiger partial charge in [-0.15, -0.1) is 0 Å². The van der Waals surface area contributed by atoms with Crippen LogP contribution in [0.15, 0.2) is 0 Å². The van der Waals surface area contributed by atoms with E-state index in [1.54, 1.807) is 0 Å². The lowest BCUT2D eigenvalue weighted by atomic mass is 9.80. The van der Waals surface area contributed by atoms with Gasteiger partial charge in [0.15, 0.2) is 0 Å². The molecule has 110 valence electrons. The van der Waals surface area contributed by atoms with Gasteiger partial charge in [0, 0.05) is 38.8 Å². The number of nitrogens with zero attached hydrogens (tertiary/aromatic N) is 2. The van der Waals surface area contributed by atoms with Gasteiger partial charge in [0.1, 0.15) is 5.60 Å². The highest BCUT2D eigenvalue weighted by Gasteiger charge is 2.30. The zero-order chi connectivity index (χ0) is 14.0. The van der Waals surface area contributed by atoms with Crippen LogP contribution in [0.3, 0.4) is 0 Å². The molecule has 2 fully saturated rings. The van der Waals surface area contributed by atoms with Crippen molar-refractivity contribution in [3.63, 3.8) is 0 Å². The molecule has 1 saturated heterocycles. The highest BCUT2D eigenvalue weighted by atomic mass is 16.6. The van der Waals surface area contributed by atoms with Crippen LogP contribution in [-0.4, -0.2) is 60.3 Å². The minimum absolute atomic E-state index is 0.183. The van der Waals surface area contributed by atoms with Crippen LogP contribution in [0.25, 0.3) is 0 Å². The van der Waals surface area contributed by atoms with Crippen LogP contribution in [-0.2, 0) is 4.74 Å². The second kappa shape index (κ2) is 5.67. The highest BCUT2D eigenvalue weighted by Crippen LogP contribution is 2.26. The molecule has 2 aliphatic rings. The van der Waals surface area contributed by atoms with Crippen LogP contribution in [0, 0.1) is 5.92 Å². The van der Waals surface area contributed by atoms with Gasteiger partial charge in [-0.2, -0.15) is 0 Å². The third kappa shape index (κ3) is 4.35. The maximum atomic E-state index is 11.9. The van der Waals surface area contributed by atoms with E-state index in [9.17, 15) is 4.79 Å². The van der Waals surface area contributed by atoms with Gasteiger partial charge in [-0.3, -0.25) is 4.90 Å². The molecule has 0 aromatic carbocycles. The minimum atomic E-state index is -0.406. The molecule has 0 spiro atoms. The van der Waals surface area contributed by atoms with Gasteiger partial charge in [0.25, 0.3) is 0 Å². The summed E-state index contributed by atoms with van der Waals surface area (Å²) in [6.45, 7) is 10.3. The Hall–Kier alpha value is -0.810. The van der Waals surface area contributed by atoms with E-state index in [-0.39, 0.29) is 6.09 Å². The Bertz CT molecular complexity index is 313. The Balaban J connectivity index is 1.68. The van der Waals surface area contributed by atoms with E-state index in [1.165, 1.54) is 0 Å². The molecule has 5 nitrogen and oxygen atoms in total. The van der Waals surface area contributed by atoms with Gasteiger partial charge in [-0.05, 0) is 39.5 Å². The third-order valence-corrected chi connectivity index (χ3v) is 3.81. The molecule has 1 heterocycles. The first-order valence-electron chi connectivity index (χ1n) is 7.29. The van der Waals surface area contributed by atoms with E-state index in [1.807, 2.05) is 25.7 Å². The van der Waals surface area contributed by atoms with Gasteiger partial charge in [0.05, 0.1) is 0 Å². The van der Waals surface area contributed by atoms with E-state index in [0.717, 1.165) is 51.5 Å². The van der Waals surface area contributed by atoms with Crippen LogP contribution in [0.4, 0.5) is 4.79 Å². The topological polar surface area (TPSA) is 58.8 Å². The summed E-state index contributed by atoms with van der Waals surface area (Å²) in [5, 5.41) is 0. The van der Waals surface area contributed by atoms with Gasteiger partial charge in [0.2, 0.25) is 0 Å². The van der Waals surface area contributed by atoms with Crippen LogP contribution in [0.2, 0.25) is 0 Å². The predicted molar refractivity (Wildman–Crippen MR) is 74.9 cm³/mol. The Kier molecular flexibility index (Phi) is 4.36. The number of amides is 1. The fourth-order valence-corrected chi connectivity index (χ4v) is 2.74. The summed E-state index contributed by atoms with van der Waals surface area (Å²) >= 11 is 0. The van der Waals surface area contributed by atoms with Crippen LogP contribution in [0.5, 0.6) is 0 Å². The summed E-state index contributed by atoms with van der Waals surface area (Å²) < 4.78 is 5.39. The van der Waals surface area contributed by atoms with Crippen molar-refractivity contribution in [2.24, 2.45) is 11.7 Å². The maximum absolute atomic E-state index is 11.9. The lowest BCUT2D eigenvalue weighted by Gasteiger charge is -2.40. The summed E-state index contributed by atoms with van der Waals surface area (Å²) in [5.41, 5.74) is 5.40. The summed E-state index contributed by atoms with van der Waals surface area (Å²) in [5.74, 6) is 0.767. The second-order valence-electron chi connectivity index (χ2n) is 6.87. The number of nitrogens with two attached hydrogens (primary N) is 1. The first-order chi connectivity index (χ1) is 8.83. The Morgan fingerprint density at radius 1 is 1.21 bits per heavy atom. The van der Waals surface area contributed by atoms with Crippen molar-refractivity contribution in [2.45, 2.75) is 45.3 Å². The Morgan fingerprint density at radius 2 is 1.79 bits per heavy atom. The fourth-order valence-electron chi connectivity index (χ4n) is 2.74. The van der Waals surface area contributed by atoms with E-state index in [2.05, 4.69) is 4.90 Å². The van der Waals surface area contributed by atoms with Crippen molar-refractivity contribution in [3.8, 4) is 0 Å². The van der Waals surface area contributed by atoms with E-state index >= 15 is 0 Å². The number of hydrogen-bond acceptors (Lipinski definition) is 4. The SMILES string of the molecule is CC(C)(C)OC(=O)N1CCN(CC2CC(N)C2)CC1. The predicted octanol–water partition coefficient (Wildman–Crippen LogP) is 1.28. The smallest absolute Gasteiger partial charge is 0.410 e. The van der Waals surface area contributed by atoms with Gasteiger partial charge in [-0.1, -0.05) is 0 Å². The van der Waals surface area contributed by atoms with Crippen LogP contribution < -0.4 is 5.73 Å². The molecule has 0 radical (unpaired) electrons. The normalized spacial score (nSPS) is 28.9. The first-order valence-corrected chi connectivity index (χ1v) is 7.29. The highest BCUT2D eigenvalue weighted by molar-refractivity contribution is 5.68. The molecule has 1 amide bonds. The fraction of sp³-hybridized carbons (Fsp3) is 0.929. The standard InChI is InChI=1S/C14H27N3O2/c1-14(2,3)19-13(18)17-6-4-16(5-7-17)10-11-8-12(15)9-11/h11-12H,4-10,15H2,1-3H3. The molecule has 1 aliphatic carbocycles. The molecular formula is C14H27N3O2. The van der Waals surface area contributed by atoms with Crippen LogP contribution in [0.1, 0.15) is 33.6 Å². The number of piperazine rings is 1. The largest absolute Gasteiger partial charge is 0.444 e. The monoisotopic (exact) mass is 269 g/mol. The third-order valence-electron chi connectivity index (χ3n) is 3.81. The molecule has 1 saturated carbocycles. The van der Waals surface area contributed by atoms with E-state index < -0.39 is 5.60 Å². The average Bonchev–Trinajstić information content (AvgIpc) is 2.25. The van der Waals surface area contributed by atoms with Crippen molar-refractivity contribution >= 4 is 6.09 Å². The molecule has 0 bridgehead atoms. The van der Waals surface area contributed by atoms with Gasteiger partial charge >= 0.3 is 6.09 Å². The quantitative estimate of drug-likeness (QED) is 0.820. The number of hydrogen-bond donors (Lipinski definition) is 1. The molecule has 2 rings (SSSR count). The summed E-state index contributed by atoms with van der Waals surface area (Å²) in [4.78, 5) is 16.2. The Labute approximate surface area is 116 Å². The molecule has 0 aromatic heterocycles. The molecule has 19 heavy (non-hydrogen) atoms. The lowest BCUT2D eigenvalue weighted by Crippen LogP contribution is -2.52. The van der Waals surface area contributed by atoms with Crippen molar-refractivity contribution in [3.05, 3.63) is 0 Å². The number of carbonyl (C=O) groups is 1. The first kappa shape index (κ1) is 14.6. The van der Waals surface area contributed by atoms with Gasteiger partial charge in [-0.25, -0.2) is 4.79 Å². The number of rotatable bonds is 2. The molecule has 0 unspecified atom stereocenters. The second-order valence-corrected chi connectivity index (χ2v) is 6.87. The number of carbonyl (C=O) groups excluding carboxylic acids is 1. The zero-order valence-electron chi connectivity index (χ0n) is 12.4. The maximum Gasteiger partial charge on any atom is 0.410 e. The van der Waals surface area contributed by atoms with Crippen molar-refractivity contribution < 1.29 is 9.53 Å². The summed E-state index contributed by atoms with van der Waals surface area (Å²) in [7, 11) is 0. The van der Waals surface area contributed by atoms with Crippen molar-refractivity contribution in [1.29, 1.82) is 0 Å². The van der Waals surface area contributed by atoms with Gasteiger partial charge < -0.3 is 15.4 Å². The lowest BCUT2D eigenvalue weighted by molar-refractivity contribution is 0.0118. The summed E-state index contributed by atoms with van der Waals surface area (Å²) in [6.07, 6.45) is 2.14. The van der Waals surface area contributed by atoms with Crippen LogP contribution >= 0.6 is 0 Å². The molecule has 2 N–H and O–H groups in total. The molecule has 0 atom stereocenters. The van der Waals surface area contributed by atoms with E-state index in [4.69, 9.17) is 10.5 Å². The molecule has 5 heteroatoms. The average molecular weight is 269 g/mol. The molecular weight excluding hydrogens is 242 g/mol. The van der Waals surface area contributed by atoms with Crippen molar-refractivity contribution in [2.75, 3.05) is 32.7 Å². The van der Waals surface area contributed by atoms with Crippen molar-refractivity contribution in [1.82, 2.24) is 9.80 Å². The molecule has 1 aliphatic heterocycles. The summed E-state index contributed by atoms with van der Waals surface area (Å²) in [6, 6.07) is 0.424. The zero-order valence-corrected chi connectivity index (χ0v) is 12.4. The molecule has 0 aromatic rings. The minimum Gasteiger partial charge on any atom is -0.444 e. The Morgan fingerprint density at radius 3 is 2.26 bits per heavy atom.